The third-order valence-corrected chi connectivity index (χ3v) is 3.13. The van der Waals surface area contributed by atoms with Crippen LogP contribution in [0.25, 0.3) is 0 Å². The summed E-state index contributed by atoms with van der Waals surface area (Å²) in [5.41, 5.74) is -1.77. The van der Waals surface area contributed by atoms with Crippen LogP contribution >= 0.6 is 0 Å². The molecule has 7 N–H and O–H groups in total. The van der Waals surface area contributed by atoms with Gasteiger partial charge in [-0.3, -0.25) is 0 Å². The predicted octanol–water partition coefficient (Wildman–Crippen LogP) is -2.31. The highest BCUT2D eigenvalue weighted by Gasteiger charge is 2.27. The molecule has 0 unspecified atom stereocenters. The molecule has 0 saturated carbocycles. The molecule has 0 saturated heterocycles. The quantitative estimate of drug-likeness (QED) is 0.252. The first-order valence-electron chi connectivity index (χ1n) is 6.25. The molecule has 0 radical (unpaired) electrons. The van der Waals surface area contributed by atoms with Gasteiger partial charge in [0.25, 0.3) is 0 Å². The van der Waals surface area contributed by atoms with Gasteiger partial charge in [-0.2, -0.15) is 0 Å². The molecule has 0 spiro atoms. The normalized spacial score (nSPS) is 12.0. The summed E-state index contributed by atoms with van der Waals surface area (Å²) in [6.07, 6.45) is 1.53. The SMILES string of the molecule is CCCC(CO)(CO)CO.OCC(CO)(CO)CO. The lowest BCUT2D eigenvalue weighted by Crippen LogP contribution is -2.37. The van der Waals surface area contributed by atoms with Crippen molar-refractivity contribution in [2.45, 2.75) is 19.8 Å². The lowest BCUT2D eigenvalue weighted by atomic mass is 9.86. The molecule has 0 rings (SSSR count). The summed E-state index contributed by atoms with van der Waals surface area (Å²) < 4.78 is 0. The minimum Gasteiger partial charge on any atom is -0.396 e. The van der Waals surface area contributed by atoms with Gasteiger partial charge in [0, 0.05) is 5.41 Å². The number of aliphatic hydroxyl groups is 7. The van der Waals surface area contributed by atoms with E-state index in [1.54, 1.807) is 0 Å². The molecular weight excluding hydrogens is 256 g/mol. The molecule has 0 aromatic carbocycles. The Morgan fingerprint density at radius 1 is 0.526 bits per heavy atom. The molecule has 19 heavy (non-hydrogen) atoms. The Bertz CT molecular complexity index is 165. The molecule has 0 heterocycles. The zero-order chi connectivity index (χ0) is 15.4. The summed E-state index contributed by atoms with van der Waals surface area (Å²) in [5.74, 6) is 0. The second-order valence-corrected chi connectivity index (χ2v) is 4.86. The van der Waals surface area contributed by atoms with Crippen molar-refractivity contribution in [2.24, 2.45) is 10.8 Å². The average Bonchev–Trinajstić information content (AvgIpc) is 2.49. The molecule has 7 heteroatoms. The molecule has 0 atom stereocenters. The Hall–Kier alpha value is -0.280. The summed E-state index contributed by atoms with van der Waals surface area (Å²) in [4.78, 5) is 0. The van der Waals surface area contributed by atoms with Crippen LogP contribution in [0, 0.1) is 10.8 Å². The predicted molar refractivity (Wildman–Crippen MR) is 69.4 cm³/mol. The van der Waals surface area contributed by atoms with Crippen molar-refractivity contribution in [1.29, 1.82) is 0 Å². The van der Waals surface area contributed by atoms with Crippen molar-refractivity contribution >= 4 is 0 Å². The second kappa shape index (κ2) is 11.5. The van der Waals surface area contributed by atoms with Crippen LogP contribution in [0.2, 0.25) is 0 Å². The second-order valence-electron chi connectivity index (χ2n) is 4.86. The lowest BCUT2D eigenvalue weighted by molar-refractivity contribution is -0.0328. The highest BCUT2D eigenvalue weighted by molar-refractivity contribution is 4.76. The largest absolute Gasteiger partial charge is 0.396 e. The van der Waals surface area contributed by atoms with E-state index in [2.05, 4.69) is 0 Å². The van der Waals surface area contributed by atoms with Crippen LogP contribution in [-0.2, 0) is 0 Å². The van der Waals surface area contributed by atoms with Crippen molar-refractivity contribution in [3.63, 3.8) is 0 Å². The fourth-order valence-corrected chi connectivity index (χ4v) is 1.22. The molecule has 0 amide bonds. The monoisotopic (exact) mass is 284 g/mol. The first-order chi connectivity index (χ1) is 8.99. The molecule has 0 aromatic rings. The average molecular weight is 284 g/mol. The van der Waals surface area contributed by atoms with E-state index in [9.17, 15) is 0 Å². The van der Waals surface area contributed by atoms with Gasteiger partial charge in [-0.05, 0) is 6.42 Å². The summed E-state index contributed by atoms with van der Waals surface area (Å²) >= 11 is 0. The van der Waals surface area contributed by atoms with Gasteiger partial charge in [0.2, 0.25) is 0 Å². The fraction of sp³-hybridized carbons (Fsp3) is 1.00. The Morgan fingerprint density at radius 2 is 0.789 bits per heavy atom. The maximum atomic E-state index is 8.79. The summed E-state index contributed by atoms with van der Waals surface area (Å²) in [7, 11) is 0. The van der Waals surface area contributed by atoms with Crippen LogP contribution in [-0.4, -0.2) is 82.0 Å². The molecule has 0 aliphatic heterocycles. The van der Waals surface area contributed by atoms with E-state index < -0.39 is 37.3 Å². The Morgan fingerprint density at radius 3 is 0.842 bits per heavy atom. The minimum atomic E-state index is -1.11. The number of hydrogen-bond acceptors (Lipinski definition) is 7. The molecule has 0 bridgehead atoms. The minimum absolute atomic E-state index is 0.145. The Kier molecular flexibility index (Phi) is 12.8. The van der Waals surface area contributed by atoms with Crippen LogP contribution < -0.4 is 0 Å². The van der Waals surface area contributed by atoms with Crippen LogP contribution in [0.15, 0.2) is 0 Å². The molecular formula is C12H28O7. The van der Waals surface area contributed by atoms with E-state index in [1.165, 1.54) is 0 Å². The first-order valence-corrected chi connectivity index (χ1v) is 6.25. The van der Waals surface area contributed by atoms with Gasteiger partial charge in [-0.15, -0.1) is 0 Å². The Labute approximate surface area is 113 Å². The van der Waals surface area contributed by atoms with Gasteiger partial charge in [0.15, 0.2) is 0 Å². The van der Waals surface area contributed by atoms with Crippen molar-refractivity contribution in [3.05, 3.63) is 0 Å². The van der Waals surface area contributed by atoms with Crippen molar-refractivity contribution in [2.75, 3.05) is 46.2 Å². The van der Waals surface area contributed by atoms with E-state index in [1.807, 2.05) is 6.92 Å². The number of rotatable bonds is 9. The maximum absolute atomic E-state index is 8.79. The highest BCUT2D eigenvalue weighted by Crippen LogP contribution is 2.21. The molecule has 7 nitrogen and oxygen atoms in total. The topological polar surface area (TPSA) is 142 Å². The van der Waals surface area contributed by atoms with E-state index >= 15 is 0 Å². The van der Waals surface area contributed by atoms with E-state index in [-0.39, 0.29) is 19.8 Å². The van der Waals surface area contributed by atoms with Crippen molar-refractivity contribution < 1.29 is 35.7 Å². The van der Waals surface area contributed by atoms with E-state index in [4.69, 9.17) is 35.7 Å². The van der Waals surface area contributed by atoms with Gasteiger partial charge in [-0.1, -0.05) is 13.3 Å². The van der Waals surface area contributed by atoms with Crippen LogP contribution in [0.3, 0.4) is 0 Å². The van der Waals surface area contributed by atoms with Crippen LogP contribution in [0.1, 0.15) is 19.8 Å². The summed E-state index contributed by atoms with van der Waals surface area (Å²) in [6, 6.07) is 0. The Balaban J connectivity index is 0. The summed E-state index contributed by atoms with van der Waals surface area (Å²) in [6.45, 7) is -0.106. The molecule has 0 aromatic heterocycles. The van der Waals surface area contributed by atoms with Crippen LogP contribution in [0.4, 0.5) is 0 Å². The standard InChI is InChI=1S/C7H16O3.C5H12O4/c1-2-3-7(4-8,5-9)6-10;6-1-5(2-7,3-8)4-9/h8-10H,2-6H2,1H3;6-9H,1-4H2. The first kappa shape index (κ1) is 21.0. The lowest BCUT2D eigenvalue weighted by Gasteiger charge is -2.26. The smallest absolute Gasteiger partial charge is 0.0627 e. The van der Waals surface area contributed by atoms with Gasteiger partial charge in [-0.25, -0.2) is 0 Å². The van der Waals surface area contributed by atoms with Crippen molar-refractivity contribution in [1.82, 2.24) is 0 Å². The van der Waals surface area contributed by atoms with Gasteiger partial charge >= 0.3 is 0 Å². The van der Waals surface area contributed by atoms with Gasteiger partial charge in [0.05, 0.1) is 51.7 Å². The molecule has 118 valence electrons. The van der Waals surface area contributed by atoms with Gasteiger partial charge in [0.1, 0.15) is 0 Å². The third kappa shape index (κ3) is 7.17. The maximum Gasteiger partial charge on any atom is 0.0627 e. The molecule has 0 aliphatic carbocycles. The zero-order valence-electron chi connectivity index (χ0n) is 11.5. The third-order valence-electron chi connectivity index (χ3n) is 3.13. The number of hydrogen-bond donors (Lipinski definition) is 7. The number of aliphatic hydroxyl groups excluding tert-OH is 7. The molecule has 0 aliphatic rings. The van der Waals surface area contributed by atoms with Gasteiger partial charge < -0.3 is 35.7 Å². The van der Waals surface area contributed by atoms with E-state index in [0.29, 0.717) is 6.42 Å². The molecule has 0 fully saturated rings. The van der Waals surface area contributed by atoms with Crippen LogP contribution in [0.5, 0.6) is 0 Å². The zero-order valence-corrected chi connectivity index (χ0v) is 11.5. The fourth-order valence-electron chi connectivity index (χ4n) is 1.22. The van der Waals surface area contributed by atoms with Crippen molar-refractivity contribution in [3.8, 4) is 0 Å². The van der Waals surface area contributed by atoms with E-state index in [0.717, 1.165) is 6.42 Å². The highest BCUT2D eigenvalue weighted by atomic mass is 16.3. The summed E-state index contributed by atoms with van der Waals surface area (Å²) in [5, 5.41) is 60.3.